The zero-order chi connectivity index (χ0) is 25.7. The largest absolute Gasteiger partial charge is 0.507 e. The average Bonchev–Trinajstić information content (AvgIpc) is 2.75. The van der Waals surface area contributed by atoms with Crippen LogP contribution < -0.4 is 4.74 Å². The van der Waals surface area contributed by atoms with Crippen LogP contribution in [0.5, 0.6) is 11.5 Å². The number of aliphatic hydroxyl groups is 1. The summed E-state index contributed by atoms with van der Waals surface area (Å²) in [7, 11) is 0. The second-order valence-electron chi connectivity index (χ2n) is 11.4. The van der Waals surface area contributed by atoms with E-state index in [4.69, 9.17) is 14.2 Å². The van der Waals surface area contributed by atoms with Crippen LogP contribution in [0.1, 0.15) is 75.6 Å². The highest BCUT2D eigenvalue weighted by molar-refractivity contribution is 5.97. The monoisotopic (exact) mass is 484 g/mol. The molecule has 4 aliphatic rings. The number of fused-ring (bicyclic) bond motifs is 6. The minimum absolute atomic E-state index is 0.0294. The van der Waals surface area contributed by atoms with Crippen molar-refractivity contribution in [2.75, 3.05) is 0 Å². The molecule has 0 bridgehead atoms. The molecule has 2 N–H and O–H groups in total. The zero-order valence-electron chi connectivity index (χ0n) is 20.9. The Bertz CT molecular complexity index is 1180. The molecule has 1 aromatic carbocycles. The van der Waals surface area contributed by atoms with Gasteiger partial charge in [0.15, 0.2) is 11.9 Å². The molecule has 2 aliphatic heterocycles. The van der Waals surface area contributed by atoms with E-state index in [0.29, 0.717) is 29.7 Å². The molecule has 0 aromatic heterocycles. The van der Waals surface area contributed by atoms with Crippen LogP contribution in [0.2, 0.25) is 0 Å². The van der Waals surface area contributed by atoms with Crippen molar-refractivity contribution >= 4 is 17.7 Å². The summed E-state index contributed by atoms with van der Waals surface area (Å²) in [6.07, 6.45) is 1.83. The number of phenols is 1. The van der Waals surface area contributed by atoms with Crippen LogP contribution in [0.25, 0.3) is 0 Å². The van der Waals surface area contributed by atoms with Crippen LogP contribution in [-0.4, -0.2) is 45.7 Å². The maximum atomic E-state index is 12.8. The van der Waals surface area contributed by atoms with Crippen molar-refractivity contribution in [2.24, 2.45) is 22.7 Å². The second-order valence-corrected chi connectivity index (χ2v) is 11.4. The van der Waals surface area contributed by atoms with Gasteiger partial charge >= 0.3 is 11.9 Å². The molecule has 8 nitrogen and oxygen atoms in total. The second kappa shape index (κ2) is 7.32. The van der Waals surface area contributed by atoms with E-state index in [2.05, 4.69) is 6.92 Å². The molecule has 0 saturated heterocycles. The molecule has 1 aromatic rings. The number of esters is 2. The van der Waals surface area contributed by atoms with Crippen molar-refractivity contribution in [3.8, 4) is 11.5 Å². The summed E-state index contributed by atoms with van der Waals surface area (Å²) in [5.41, 5.74) is -1.17. The van der Waals surface area contributed by atoms with Gasteiger partial charge in [-0.25, -0.2) is 4.79 Å². The summed E-state index contributed by atoms with van der Waals surface area (Å²) < 4.78 is 17.4. The first-order valence-corrected chi connectivity index (χ1v) is 12.1. The topological polar surface area (TPSA) is 119 Å². The first kappa shape index (κ1) is 23.9. The fraction of sp³-hybridized carbons (Fsp3) is 0.593. The Kier molecular flexibility index (Phi) is 4.99. The standard InChI is InChI=1S/C27H32O8/c1-12-23(34-13(2)28)21-14-9-18-26(5)8-7-19(30)25(3,4)17(26)11-20(31)27(18,6)35-16(14)10-15(29)22(21)24(32)33-12/h7-8,10,12,17-18,20,23,29,31H,9,11H2,1-6H3/t12-,17+,18-,20+,23+,26+,27-/m1/s1. The fourth-order valence-corrected chi connectivity index (χ4v) is 7.15. The lowest BCUT2D eigenvalue weighted by Gasteiger charge is -2.62. The summed E-state index contributed by atoms with van der Waals surface area (Å²) in [5, 5.41) is 22.1. The number of hydrogen-bond acceptors (Lipinski definition) is 8. The number of aromatic hydroxyl groups is 1. The highest BCUT2D eigenvalue weighted by Crippen LogP contribution is 2.63. The van der Waals surface area contributed by atoms with Crippen molar-refractivity contribution < 1.29 is 38.8 Å². The van der Waals surface area contributed by atoms with E-state index in [1.165, 1.54) is 13.0 Å². The number of rotatable bonds is 1. The number of phenolic OH excluding ortho intramolecular Hbond substituents is 1. The number of ether oxygens (including phenoxy) is 3. The third-order valence-corrected chi connectivity index (χ3v) is 9.07. The van der Waals surface area contributed by atoms with Gasteiger partial charge in [-0.05, 0) is 44.1 Å². The van der Waals surface area contributed by atoms with Gasteiger partial charge in [-0.2, -0.15) is 0 Å². The zero-order valence-corrected chi connectivity index (χ0v) is 20.9. The Hall–Kier alpha value is -2.87. The highest BCUT2D eigenvalue weighted by atomic mass is 16.6. The van der Waals surface area contributed by atoms with Gasteiger partial charge in [0.2, 0.25) is 0 Å². The third-order valence-electron chi connectivity index (χ3n) is 9.07. The van der Waals surface area contributed by atoms with Gasteiger partial charge < -0.3 is 24.4 Å². The Morgan fingerprint density at radius 2 is 1.86 bits per heavy atom. The number of carbonyl (C=O) groups is 3. The number of benzene rings is 1. The van der Waals surface area contributed by atoms with Gasteiger partial charge in [0.05, 0.1) is 6.10 Å². The maximum absolute atomic E-state index is 12.8. The van der Waals surface area contributed by atoms with Crippen LogP contribution in [0.15, 0.2) is 18.2 Å². The molecule has 0 unspecified atom stereocenters. The average molecular weight is 485 g/mol. The number of allylic oxidation sites excluding steroid dienone is 2. The van der Waals surface area contributed by atoms with Crippen molar-refractivity contribution in [2.45, 2.75) is 78.3 Å². The van der Waals surface area contributed by atoms with Crippen LogP contribution in [0.3, 0.4) is 0 Å². The van der Waals surface area contributed by atoms with Gasteiger partial charge in [-0.15, -0.1) is 0 Å². The Morgan fingerprint density at radius 1 is 1.17 bits per heavy atom. The van der Waals surface area contributed by atoms with E-state index < -0.39 is 46.7 Å². The molecule has 5 rings (SSSR count). The first-order valence-electron chi connectivity index (χ1n) is 12.1. The van der Waals surface area contributed by atoms with E-state index in [0.717, 1.165) is 0 Å². The summed E-state index contributed by atoms with van der Waals surface area (Å²) >= 11 is 0. The third kappa shape index (κ3) is 3.11. The highest BCUT2D eigenvalue weighted by Gasteiger charge is 2.65. The number of carbonyl (C=O) groups excluding carboxylic acids is 3. The van der Waals surface area contributed by atoms with Gasteiger partial charge in [0.1, 0.15) is 28.8 Å². The first-order chi connectivity index (χ1) is 16.2. The summed E-state index contributed by atoms with van der Waals surface area (Å²) in [5.74, 6) is -1.58. The van der Waals surface area contributed by atoms with Crippen molar-refractivity contribution in [1.29, 1.82) is 0 Å². The molecule has 2 heterocycles. The van der Waals surface area contributed by atoms with Crippen LogP contribution >= 0.6 is 0 Å². The van der Waals surface area contributed by atoms with Gasteiger partial charge in [-0.1, -0.05) is 26.8 Å². The molecular weight excluding hydrogens is 452 g/mol. The minimum atomic E-state index is -1.00. The predicted octanol–water partition coefficient (Wildman–Crippen LogP) is 3.42. The molecule has 0 spiro atoms. The SMILES string of the molecule is CC(=O)O[C@@H]1c2c3c(cc(O)c2C(=O)O[C@@H]1C)O[C@]1(C)[C@H](C3)[C@@]2(C)C=CC(=O)C(C)(C)[C@@H]2C[C@@H]1O. The Balaban J connectivity index is 1.72. The Labute approximate surface area is 204 Å². The molecule has 0 amide bonds. The predicted molar refractivity (Wildman–Crippen MR) is 124 cm³/mol. The van der Waals surface area contributed by atoms with Gasteiger partial charge in [-0.3, -0.25) is 9.59 Å². The summed E-state index contributed by atoms with van der Waals surface area (Å²) in [6.45, 7) is 10.7. The molecule has 0 radical (unpaired) electrons. The van der Waals surface area contributed by atoms with E-state index in [1.807, 2.05) is 26.8 Å². The maximum Gasteiger partial charge on any atom is 0.342 e. The van der Waals surface area contributed by atoms with Crippen molar-refractivity contribution in [3.05, 3.63) is 34.9 Å². The minimum Gasteiger partial charge on any atom is -0.507 e. The van der Waals surface area contributed by atoms with Crippen molar-refractivity contribution in [1.82, 2.24) is 0 Å². The van der Waals surface area contributed by atoms with Gasteiger partial charge in [0.25, 0.3) is 0 Å². The molecule has 1 saturated carbocycles. The van der Waals surface area contributed by atoms with E-state index in [-0.39, 0.29) is 28.9 Å². The Morgan fingerprint density at radius 3 is 2.51 bits per heavy atom. The lowest BCUT2D eigenvalue weighted by Crippen LogP contribution is -2.67. The number of hydrogen-bond donors (Lipinski definition) is 2. The number of aliphatic hydroxyl groups excluding tert-OH is 1. The van der Waals surface area contributed by atoms with Gasteiger partial charge in [0, 0.05) is 35.4 Å². The van der Waals surface area contributed by atoms with Crippen LogP contribution in [0, 0.1) is 22.7 Å². The van der Waals surface area contributed by atoms with Crippen LogP contribution in [0.4, 0.5) is 0 Å². The summed E-state index contributed by atoms with van der Waals surface area (Å²) in [6, 6.07) is 1.38. The number of ketones is 1. The molecule has 35 heavy (non-hydrogen) atoms. The van der Waals surface area contributed by atoms with E-state index in [1.54, 1.807) is 13.0 Å². The van der Waals surface area contributed by atoms with Crippen molar-refractivity contribution in [3.63, 3.8) is 0 Å². The quantitative estimate of drug-likeness (QED) is 0.582. The van der Waals surface area contributed by atoms with E-state index >= 15 is 0 Å². The number of cyclic esters (lactones) is 1. The lowest BCUT2D eigenvalue weighted by molar-refractivity contribution is -0.190. The molecule has 1 fully saturated rings. The normalized spacial score (nSPS) is 38.8. The van der Waals surface area contributed by atoms with Crippen LogP contribution in [-0.2, 0) is 25.5 Å². The van der Waals surface area contributed by atoms with E-state index in [9.17, 15) is 24.6 Å². The molecule has 8 heteroatoms. The molecule has 7 atom stereocenters. The molecule has 2 aliphatic carbocycles. The molecule has 188 valence electrons. The molecular formula is C27H32O8. The lowest BCUT2D eigenvalue weighted by atomic mass is 9.45. The fourth-order valence-electron chi connectivity index (χ4n) is 7.15. The summed E-state index contributed by atoms with van der Waals surface area (Å²) in [4.78, 5) is 37.5. The smallest absolute Gasteiger partial charge is 0.342 e.